The lowest BCUT2D eigenvalue weighted by molar-refractivity contribution is -0.135. The van der Waals surface area contributed by atoms with E-state index in [4.69, 9.17) is 24.2 Å². The lowest BCUT2D eigenvalue weighted by atomic mass is 9.98. The van der Waals surface area contributed by atoms with E-state index in [0.717, 1.165) is 75.9 Å². The van der Waals surface area contributed by atoms with E-state index in [2.05, 4.69) is 81.3 Å². The van der Waals surface area contributed by atoms with E-state index < -0.39 is 24.3 Å². The van der Waals surface area contributed by atoms with Gasteiger partial charge >= 0.3 is 12.2 Å². The molecule has 0 spiro atoms. The van der Waals surface area contributed by atoms with Gasteiger partial charge in [0.2, 0.25) is 5.91 Å². The van der Waals surface area contributed by atoms with Gasteiger partial charge in [0.1, 0.15) is 29.5 Å². The number of nitrogens with zero attached hydrogens (tertiary/aromatic N) is 4. The number of hydrogen-bond acceptors (Lipinski definition) is 9. The second-order valence-corrected chi connectivity index (χ2v) is 16.3. The minimum Gasteiger partial charge on any atom is -0.497 e. The molecule has 63 heavy (non-hydrogen) atoms. The highest BCUT2D eigenvalue weighted by atomic mass is 16.5. The molecule has 15 nitrogen and oxygen atoms in total. The number of ether oxygens (including phenoxy) is 3. The van der Waals surface area contributed by atoms with Crippen molar-refractivity contribution in [3.05, 3.63) is 115 Å². The van der Waals surface area contributed by atoms with Gasteiger partial charge in [-0.2, -0.15) is 0 Å². The van der Waals surface area contributed by atoms with Gasteiger partial charge < -0.3 is 44.6 Å². The molecule has 0 unspecified atom stereocenters. The van der Waals surface area contributed by atoms with Crippen molar-refractivity contribution < 1.29 is 33.4 Å². The molecule has 0 aliphatic carbocycles. The fourth-order valence-corrected chi connectivity index (χ4v) is 8.70. The van der Waals surface area contributed by atoms with Crippen LogP contribution in [0.2, 0.25) is 0 Å². The number of aromatic amines is 2. The van der Waals surface area contributed by atoms with Crippen molar-refractivity contribution in [2.75, 3.05) is 34.4 Å². The van der Waals surface area contributed by atoms with Crippen LogP contribution in [0.5, 0.6) is 5.75 Å². The highest BCUT2D eigenvalue weighted by Crippen LogP contribution is 2.36. The molecule has 0 radical (unpaired) electrons. The first-order chi connectivity index (χ1) is 30.5. The number of amides is 4. The number of imidazole rings is 2. The third-order valence-electron chi connectivity index (χ3n) is 12.1. The Kier molecular flexibility index (Phi) is 12.4. The molecular formula is C48H52N8O7. The molecule has 4 heterocycles. The first kappa shape index (κ1) is 42.5. The standard InChI is InChI=1S/C48H52N8O7/c1-28(2)41(53-47(59)62-4)45(57)55-21-7-11-39(55)44-50-27-38(52-44)34-20-19-32-23-31(17-18-33(32)24-34)29-13-15-30(16-14-29)37-26-49-43(51-37)40-12-8-22-56(40)46(58)42(54-48(60)63-5)35-9-6-10-36(25-35)61-3/h6,9-10,13-20,23-28,39-42H,7-8,11-12,21-22H2,1-5H3,(H,49,51)(H,50,52)(H,53,59)(H,54,60)/t39-,40-,41-,42+/m0/s1. The van der Waals surface area contributed by atoms with Crippen LogP contribution in [-0.2, 0) is 19.1 Å². The number of aromatic nitrogens is 4. The maximum Gasteiger partial charge on any atom is 0.407 e. The van der Waals surface area contributed by atoms with Crippen LogP contribution in [0.15, 0.2) is 97.3 Å². The normalized spacial score (nSPS) is 17.1. The zero-order chi connectivity index (χ0) is 44.2. The SMILES string of the molecule is COC(=O)N[C@H](C(=O)N1CCC[C@H]1c1ncc(-c2ccc3cc(-c4ccc(-c5cnc([C@@H]6CCCN6C(=O)[C@H](NC(=O)OC)c6cccc(OC)c6)[nH]5)cc4)ccc3c2)[nH]1)C(C)C. The average molecular weight is 853 g/mol. The molecular weight excluding hydrogens is 801 g/mol. The minimum absolute atomic E-state index is 0.111. The molecule has 2 saturated heterocycles. The van der Waals surface area contributed by atoms with E-state index >= 15 is 0 Å². The van der Waals surface area contributed by atoms with Crippen molar-refractivity contribution in [2.45, 2.75) is 63.7 Å². The monoisotopic (exact) mass is 852 g/mol. The smallest absolute Gasteiger partial charge is 0.407 e. The van der Waals surface area contributed by atoms with Gasteiger partial charge in [-0.15, -0.1) is 0 Å². The van der Waals surface area contributed by atoms with Crippen LogP contribution in [0.3, 0.4) is 0 Å². The first-order valence-electron chi connectivity index (χ1n) is 21.2. The largest absolute Gasteiger partial charge is 0.497 e. The predicted molar refractivity (Wildman–Crippen MR) is 237 cm³/mol. The van der Waals surface area contributed by atoms with E-state index in [1.54, 1.807) is 42.5 Å². The first-order valence-corrected chi connectivity index (χ1v) is 21.2. The number of methoxy groups -OCH3 is 3. The van der Waals surface area contributed by atoms with E-state index in [0.29, 0.717) is 30.2 Å². The van der Waals surface area contributed by atoms with E-state index in [-0.39, 0.29) is 29.8 Å². The highest BCUT2D eigenvalue weighted by Gasteiger charge is 2.39. The Morgan fingerprint density at radius 1 is 0.651 bits per heavy atom. The number of carbonyl (C=O) groups excluding carboxylic acids is 4. The number of likely N-dealkylation sites (tertiary alicyclic amines) is 2. The number of nitrogens with one attached hydrogen (secondary N) is 4. The molecule has 0 bridgehead atoms. The molecule has 2 aromatic heterocycles. The summed E-state index contributed by atoms with van der Waals surface area (Å²) in [4.78, 5) is 72.0. The van der Waals surface area contributed by atoms with Crippen molar-refractivity contribution >= 4 is 34.8 Å². The van der Waals surface area contributed by atoms with Gasteiger partial charge in [-0.05, 0) is 88.9 Å². The van der Waals surface area contributed by atoms with Crippen molar-refractivity contribution in [1.82, 2.24) is 40.4 Å². The summed E-state index contributed by atoms with van der Waals surface area (Å²) in [7, 11) is 4.11. The average Bonchev–Trinajstić information content (AvgIpc) is 4.16. The molecule has 4 amide bonds. The summed E-state index contributed by atoms with van der Waals surface area (Å²) in [6.07, 6.45) is 5.43. The molecule has 4 N–H and O–H groups in total. The summed E-state index contributed by atoms with van der Waals surface area (Å²) in [5.74, 6) is 1.47. The van der Waals surface area contributed by atoms with E-state index in [1.165, 1.54) is 14.2 Å². The fraction of sp³-hybridized carbons (Fsp3) is 0.333. The summed E-state index contributed by atoms with van der Waals surface area (Å²) in [5.41, 5.74) is 6.38. The Hall–Kier alpha value is -7.16. The topological polar surface area (TPSA) is 184 Å². The maximum absolute atomic E-state index is 14.1. The van der Waals surface area contributed by atoms with Gasteiger partial charge in [-0.3, -0.25) is 9.59 Å². The third-order valence-corrected chi connectivity index (χ3v) is 12.1. The zero-order valence-corrected chi connectivity index (χ0v) is 36.0. The van der Waals surface area contributed by atoms with Crippen LogP contribution in [0, 0.1) is 5.92 Å². The van der Waals surface area contributed by atoms with Gasteiger partial charge in [0.05, 0.1) is 57.2 Å². The van der Waals surface area contributed by atoms with Crippen LogP contribution < -0.4 is 15.4 Å². The van der Waals surface area contributed by atoms with Crippen molar-refractivity contribution in [3.63, 3.8) is 0 Å². The number of carbonyl (C=O) groups is 4. The molecule has 2 fully saturated rings. The molecule has 2 aliphatic rings. The van der Waals surface area contributed by atoms with Gasteiger partial charge in [0.25, 0.3) is 5.91 Å². The van der Waals surface area contributed by atoms with E-state index in [1.807, 2.05) is 24.9 Å². The van der Waals surface area contributed by atoms with Crippen LogP contribution in [-0.4, -0.2) is 94.2 Å². The van der Waals surface area contributed by atoms with Crippen LogP contribution >= 0.6 is 0 Å². The van der Waals surface area contributed by atoms with Crippen LogP contribution in [0.4, 0.5) is 9.59 Å². The molecule has 15 heteroatoms. The van der Waals surface area contributed by atoms with Crippen molar-refractivity contribution in [1.29, 1.82) is 0 Å². The lowest BCUT2D eigenvalue weighted by Crippen LogP contribution is -2.51. The highest BCUT2D eigenvalue weighted by molar-refractivity contribution is 5.91. The van der Waals surface area contributed by atoms with Gasteiger partial charge in [-0.25, -0.2) is 19.6 Å². The third kappa shape index (κ3) is 8.94. The molecule has 6 aromatic rings. The van der Waals surface area contributed by atoms with Gasteiger partial charge in [0.15, 0.2) is 0 Å². The number of hydrogen-bond donors (Lipinski definition) is 4. The number of H-pyrrole nitrogens is 2. The fourth-order valence-electron chi connectivity index (χ4n) is 8.70. The Balaban J connectivity index is 0.944. The maximum atomic E-state index is 14.1. The minimum atomic E-state index is -0.964. The summed E-state index contributed by atoms with van der Waals surface area (Å²) in [6.45, 7) is 4.92. The van der Waals surface area contributed by atoms with Crippen molar-refractivity contribution in [3.8, 4) is 39.4 Å². The number of fused-ring (bicyclic) bond motifs is 1. The Morgan fingerprint density at radius 3 is 1.79 bits per heavy atom. The molecule has 4 aromatic carbocycles. The summed E-state index contributed by atoms with van der Waals surface area (Å²) < 4.78 is 15.0. The second-order valence-electron chi connectivity index (χ2n) is 16.3. The quantitative estimate of drug-likeness (QED) is 0.0945. The molecule has 2 aliphatic heterocycles. The molecule has 8 rings (SSSR count). The second kappa shape index (κ2) is 18.4. The summed E-state index contributed by atoms with van der Waals surface area (Å²) >= 11 is 0. The Bertz CT molecular complexity index is 2620. The van der Waals surface area contributed by atoms with Gasteiger partial charge in [-0.1, -0.05) is 74.5 Å². The number of alkyl carbamates (subject to hydrolysis) is 2. The van der Waals surface area contributed by atoms with Gasteiger partial charge in [0, 0.05) is 18.7 Å². The molecule has 326 valence electrons. The van der Waals surface area contributed by atoms with E-state index in [9.17, 15) is 19.2 Å². The Labute approximate surface area is 365 Å². The Morgan fingerprint density at radius 2 is 1.19 bits per heavy atom. The number of rotatable bonds is 12. The molecule has 4 atom stereocenters. The van der Waals surface area contributed by atoms with Crippen molar-refractivity contribution in [2.24, 2.45) is 5.92 Å². The lowest BCUT2D eigenvalue weighted by Gasteiger charge is -2.30. The number of benzene rings is 4. The summed E-state index contributed by atoms with van der Waals surface area (Å²) in [6, 6.07) is 25.9. The predicted octanol–water partition coefficient (Wildman–Crippen LogP) is 8.10. The molecule has 0 saturated carbocycles. The zero-order valence-electron chi connectivity index (χ0n) is 36.0. The summed E-state index contributed by atoms with van der Waals surface area (Å²) in [5, 5.41) is 7.59. The van der Waals surface area contributed by atoms with Crippen LogP contribution in [0.1, 0.15) is 74.9 Å². The van der Waals surface area contributed by atoms with Crippen LogP contribution in [0.25, 0.3) is 44.4 Å².